The highest BCUT2D eigenvalue weighted by Gasteiger charge is 2.25. The van der Waals surface area contributed by atoms with Gasteiger partial charge in [0, 0.05) is 67.6 Å². The molecule has 4 rings (SSSR count). The number of anilines is 2. The first-order valence-corrected chi connectivity index (χ1v) is 11.0. The van der Waals surface area contributed by atoms with Crippen LogP contribution in [-0.2, 0) is 11.3 Å². The van der Waals surface area contributed by atoms with Crippen LogP contribution in [0.2, 0.25) is 0 Å². The third kappa shape index (κ3) is 5.48. The highest BCUT2D eigenvalue weighted by atomic mass is 16.2. The highest BCUT2D eigenvalue weighted by Crippen LogP contribution is 2.29. The van der Waals surface area contributed by atoms with Crippen LogP contribution in [-0.4, -0.2) is 43.4 Å². The number of hydrogen-bond acceptors (Lipinski definition) is 5. The summed E-state index contributed by atoms with van der Waals surface area (Å²) in [6, 6.07) is 9.94. The molecule has 1 N–H and O–H groups in total. The van der Waals surface area contributed by atoms with Crippen molar-refractivity contribution in [3.8, 4) is 0 Å². The van der Waals surface area contributed by atoms with Gasteiger partial charge in [0.05, 0.1) is 0 Å². The summed E-state index contributed by atoms with van der Waals surface area (Å²) >= 11 is 0. The zero-order chi connectivity index (χ0) is 21.6. The van der Waals surface area contributed by atoms with Gasteiger partial charge in [0.15, 0.2) is 0 Å². The summed E-state index contributed by atoms with van der Waals surface area (Å²) in [4.78, 5) is 28.2. The van der Waals surface area contributed by atoms with E-state index in [0.717, 1.165) is 67.6 Å². The van der Waals surface area contributed by atoms with Crippen LogP contribution in [0, 0.1) is 13.8 Å². The van der Waals surface area contributed by atoms with Crippen LogP contribution in [0.4, 0.5) is 11.5 Å². The van der Waals surface area contributed by atoms with Crippen LogP contribution < -0.4 is 5.32 Å². The van der Waals surface area contributed by atoms with E-state index >= 15 is 0 Å². The third-order valence-electron chi connectivity index (χ3n) is 5.82. The number of imidazole rings is 1. The molecule has 1 aliphatic rings. The van der Waals surface area contributed by atoms with Gasteiger partial charge in [0.25, 0.3) is 0 Å². The van der Waals surface area contributed by atoms with E-state index in [2.05, 4.69) is 25.9 Å². The zero-order valence-corrected chi connectivity index (χ0v) is 18.3. The molecule has 1 unspecified atom stereocenters. The number of carbonyl (C=O) groups excluding carboxylic acids is 1. The first kappa shape index (κ1) is 21.0. The summed E-state index contributed by atoms with van der Waals surface area (Å²) < 4.78 is 2.10. The zero-order valence-electron chi connectivity index (χ0n) is 18.3. The summed E-state index contributed by atoms with van der Waals surface area (Å²) in [5, 5.41) is 3.36. The smallest absolute Gasteiger partial charge is 0.222 e. The minimum Gasteiger partial charge on any atom is -0.342 e. The first-order chi connectivity index (χ1) is 15.1. The summed E-state index contributed by atoms with van der Waals surface area (Å²) in [5.41, 5.74) is 3.00. The Morgan fingerprint density at radius 3 is 2.87 bits per heavy atom. The molecule has 1 amide bonds. The summed E-state index contributed by atoms with van der Waals surface area (Å²) in [7, 11) is 0. The van der Waals surface area contributed by atoms with E-state index < -0.39 is 0 Å². The van der Waals surface area contributed by atoms with Gasteiger partial charge in [-0.2, -0.15) is 0 Å². The monoisotopic (exact) mass is 418 g/mol. The fraction of sp³-hybridized carbons (Fsp3) is 0.417. The molecule has 31 heavy (non-hydrogen) atoms. The number of hydrogen-bond donors (Lipinski definition) is 1. The topological polar surface area (TPSA) is 75.9 Å². The highest BCUT2D eigenvalue weighted by molar-refractivity contribution is 5.76. The lowest BCUT2D eigenvalue weighted by molar-refractivity contribution is -0.132. The summed E-state index contributed by atoms with van der Waals surface area (Å²) in [6.45, 7) is 6.41. The number of piperidine rings is 1. The molecule has 0 radical (unpaired) electrons. The van der Waals surface area contributed by atoms with Crippen LogP contribution in [0.3, 0.4) is 0 Å². The molecule has 0 spiro atoms. The summed E-state index contributed by atoms with van der Waals surface area (Å²) in [6.07, 6.45) is 9.01. The van der Waals surface area contributed by atoms with Crippen molar-refractivity contribution in [2.24, 2.45) is 0 Å². The molecular formula is C24H30N6O. The first-order valence-electron chi connectivity index (χ1n) is 11.0. The predicted molar refractivity (Wildman–Crippen MR) is 121 cm³/mol. The Bertz CT molecular complexity index is 1020. The van der Waals surface area contributed by atoms with Gasteiger partial charge in [-0.1, -0.05) is 6.07 Å². The van der Waals surface area contributed by atoms with Gasteiger partial charge in [-0.3, -0.25) is 9.78 Å². The number of pyridine rings is 2. The van der Waals surface area contributed by atoms with Crippen LogP contribution in [0.1, 0.15) is 48.8 Å². The Labute approximate surface area is 183 Å². The van der Waals surface area contributed by atoms with E-state index in [4.69, 9.17) is 4.98 Å². The van der Waals surface area contributed by atoms with Gasteiger partial charge in [0.1, 0.15) is 11.6 Å². The SMILES string of the molecule is Cc1cc(Nc2ccccn2)cc(C2CCCN(C(=O)CCCn3ccnc3C)C2)n1. The van der Waals surface area contributed by atoms with Crippen molar-refractivity contribution in [1.29, 1.82) is 0 Å². The van der Waals surface area contributed by atoms with Gasteiger partial charge < -0.3 is 14.8 Å². The van der Waals surface area contributed by atoms with Crippen LogP contribution in [0.15, 0.2) is 48.9 Å². The van der Waals surface area contributed by atoms with Crippen molar-refractivity contribution in [3.63, 3.8) is 0 Å². The molecule has 1 atom stereocenters. The predicted octanol–water partition coefficient (Wildman–Crippen LogP) is 4.22. The maximum absolute atomic E-state index is 12.8. The second-order valence-electron chi connectivity index (χ2n) is 8.21. The van der Waals surface area contributed by atoms with Gasteiger partial charge >= 0.3 is 0 Å². The van der Waals surface area contributed by atoms with E-state index in [0.29, 0.717) is 6.42 Å². The standard InChI is InChI=1S/C24H30N6O/c1-18-15-21(28-23-8-3-4-10-26-23)16-22(27-18)20-7-5-13-30(17-20)24(31)9-6-12-29-14-11-25-19(29)2/h3-4,8,10-11,14-16,20H,5-7,9,12-13,17H2,1-2H3,(H,26,27,28). The van der Waals surface area contributed by atoms with Gasteiger partial charge in [0.2, 0.25) is 5.91 Å². The van der Waals surface area contributed by atoms with E-state index in [1.165, 1.54) is 0 Å². The molecule has 162 valence electrons. The van der Waals surface area contributed by atoms with Crippen LogP contribution in [0.5, 0.6) is 0 Å². The van der Waals surface area contributed by atoms with Crippen molar-refractivity contribution < 1.29 is 4.79 Å². The average molecular weight is 419 g/mol. The molecule has 0 bridgehead atoms. The third-order valence-corrected chi connectivity index (χ3v) is 5.82. The molecule has 7 nitrogen and oxygen atoms in total. The number of amides is 1. The molecule has 3 aromatic rings. The quantitative estimate of drug-likeness (QED) is 0.622. The van der Waals surface area contributed by atoms with Crippen molar-refractivity contribution >= 4 is 17.4 Å². The second kappa shape index (κ2) is 9.73. The fourth-order valence-corrected chi connectivity index (χ4v) is 4.20. The number of nitrogens with one attached hydrogen (secondary N) is 1. The van der Waals surface area contributed by atoms with Gasteiger partial charge in [-0.05, 0) is 57.4 Å². The molecule has 1 fully saturated rings. The number of carbonyl (C=O) groups is 1. The molecule has 0 aliphatic carbocycles. The van der Waals surface area contributed by atoms with Crippen molar-refractivity contribution in [1.82, 2.24) is 24.4 Å². The molecule has 7 heteroatoms. The van der Waals surface area contributed by atoms with E-state index in [9.17, 15) is 4.79 Å². The van der Waals surface area contributed by atoms with Crippen molar-refractivity contribution in [2.45, 2.75) is 52.0 Å². The molecule has 0 saturated carbocycles. The summed E-state index contributed by atoms with van der Waals surface area (Å²) in [5.74, 6) is 2.30. The Kier molecular flexibility index (Phi) is 6.60. The van der Waals surface area contributed by atoms with Gasteiger partial charge in [-0.25, -0.2) is 9.97 Å². The van der Waals surface area contributed by atoms with Gasteiger partial charge in [-0.15, -0.1) is 0 Å². The van der Waals surface area contributed by atoms with E-state index in [-0.39, 0.29) is 11.8 Å². The number of likely N-dealkylation sites (tertiary alicyclic amines) is 1. The van der Waals surface area contributed by atoms with E-state index in [1.54, 1.807) is 12.4 Å². The number of nitrogens with zero attached hydrogens (tertiary/aromatic N) is 5. The number of aryl methyl sites for hydroxylation is 3. The molecule has 1 saturated heterocycles. The molecule has 4 heterocycles. The van der Waals surface area contributed by atoms with E-state index in [1.807, 2.05) is 49.2 Å². The average Bonchev–Trinajstić information content (AvgIpc) is 3.19. The fourth-order valence-electron chi connectivity index (χ4n) is 4.20. The van der Waals surface area contributed by atoms with Crippen LogP contribution >= 0.6 is 0 Å². The molecular weight excluding hydrogens is 388 g/mol. The normalized spacial score (nSPS) is 16.3. The second-order valence-corrected chi connectivity index (χ2v) is 8.21. The van der Waals surface area contributed by atoms with Crippen molar-refractivity contribution in [3.05, 3.63) is 66.1 Å². The lowest BCUT2D eigenvalue weighted by Gasteiger charge is -2.33. The maximum atomic E-state index is 12.8. The Balaban J connectivity index is 1.37. The van der Waals surface area contributed by atoms with Crippen LogP contribution in [0.25, 0.3) is 0 Å². The molecule has 1 aliphatic heterocycles. The Hall–Kier alpha value is -3.22. The Morgan fingerprint density at radius 2 is 2.10 bits per heavy atom. The minimum absolute atomic E-state index is 0.238. The number of aromatic nitrogens is 4. The largest absolute Gasteiger partial charge is 0.342 e. The maximum Gasteiger partial charge on any atom is 0.222 e. The Morgan fingerprint density at radius 1 is 1.19 bits per heavy atom. The van der Waals surface area contributed by atoms with Crippen molar-refractivity contribution in [2.75, 3.05) is 18.4 Å². The number of rotatable bonds is 7. The lowest BCUT2D eigenvalue weighted by Crippen LogP contribution is -2.39. The lowest BCUT2D eigenvalue weighted by atomic mass is 9.93. The minimum atomic E-state index is 0.238. The molecule has 3 aromatic heterocycles. The molecule has 0 aromatic carbocycles.